The number of nitrogens with zero attached hydrogens (tertiary/aromatic N) is 1. The molecule has 1 aromatic carbocycles. The molecule has 19 heavy (non-hydrogen) atoms. The van der Waals surface area contributed by atoms with E-state index in [1.165, 1.54) is 0 Å². The minimum absolute atomic E-state index is 0.157. The Morgan fingerprint density at radius 1 is 1.42 bits per heavy atom. The highest BCUT2D eigenvalue weighted by Crippen LogP contribution is 2.33. The summed E-state index contributed by atoms with van der Waals surface area (Å²) >= 11 is 0. The van der Waals surface area contributed by atoms with Gasteiger partial charge < -0.3 is 14.7 Å². The van der Waals surface area contributed by atoms with Crippen LogP contribution in [-0.2, 0) is 16.0 Å². The van der Waals surface area contributed by atoms with Crippen LogP contribution in [0.25, 0.3) is 0 Å². The second-order valence-corrected chi connectivity index (χ2v) is 5.41. The van der Waals surface area contributed by atoms with Gasteiger partial charge in [-0.15, -0.1) is 0 Å². The fourth-order valence-corrected chi connectivity index (χ4v) is 2.93. The number of benzene rings is 1. The lowest BCUT2D eigenvalue weighted by atomic mass is 9.91. The zero-order valence-electron chi connectivity index (χ0n) is 11.1. The number of aryl methyl sites for hydroxylation is 1. The highest BCUT2D eigenvalue weighted by atomic mass is 16.5. The van der Waals surface area contributed by atoms with Gasteiger partial charge in [0.2, 0.25) is 5.91 Å². The van der Waals surface area contributed by atoms with Crippen LogP contribution in [-0.4, -0.2) is 31.3 Å². The number of carbonyl (C=O) groups excluding carboxylic acids is 1. The van der Waals surface area contributed by atoms with Crippen LogP contribution in [0.2, 0.25) is 0 Å². The molecule has 2 aliphatic heterocycles. The lowest BCUT2D eigenvalue weighted by Gasteiger charge is -2.27. The second kappa shape index (κ2) is 4.94. The number of rotatable bonds is 2. The summed E-state index contributed by atoms with van der Waals surface area (Å²) < 4.78 is 5.33. The topological polar surface area (TPSA) is 49.8 Å². The Morgan fingerprint density at radius 2 is 2.26 bits per heavy atom. The van der Waals surface area contributed by atoms with Gasteiger partial charge in [0.15, 0.2) is 0 Å². The van der Waals surface area contributed by atoms with Gasteiger partial charge in [-0.3, -0.25) is 4.79 Å². The highest BCUT2D eigenvalue weighted by Gasteiger charge is 2.27. The quantitative estimate of drug-likeness (QED) is 0.881. The van der Waals surface area contributed by atoms with Crippen molar-refractivity contribution < 1.29 is 14.6 Å². The summed E-state index contributed by atoms with van der Waals surface area (Å²) in [5, 5.41) is 10.4. The predicted molar refractivity (Wildman–Crippen MR) is 72.1 cm³/mol. The minimum atomic E-state index is -0.462. The van der Waals surface area contributed by atoms with Crippen molar-refractivity contribution in [2.24, 2.45) is 5.92 Å². The highest BCUT2D eigenvalue weighted by molar-refractivity contribution is 5.95. The van der Waals surface area contributed by atoms with E-state index in [9.17, 15) is 9.90 Å². The Balaban J connectivity index is 1.87. The van der Waals surface area contributed by atoms with Crippen LogP contribution in [0.5, 0.6) is 0 Å². The van der Waals surface area contributed by atoms with E-state index in [0.717, 1.165) is 36.3 Å². The van der Waals surface area contributed by atoms with Crippen molar-refractivity contribution in [1.29, 1.82) is 0 Å². The Kier molecular flexibility index (Phi) is 3.29. The molecule has 102 valence electrons. The summed E-state index contributed by atoms with van der Waals surface area (Å²) in [6.07, 6.45) is 1.77. The fourth-order valence-electron chi connectivity index (χ4n) is 2.93. The number of aliphatic hydroxyl groups is 1. The zero-order chi connectivity index (χ0) is 13.4. The van der Waals surface area contributed by atoms with Gasteiger partial charge in [-0.25, -0.2) is 0 Å². The van der Waals surface area contributed by atoms with Crippen LogP contribution in [0.3, 0.4) is 0 Å². The number of amides is 1. The molecular weight excluding hydrogens is 242 g/mol. The smallest absolute Gasteiger partial charge is 0.227 e. The Hall–Kier alpha value is -1.39. The third-order valence-electron chi connectivity index (χ3n) is 4.20. The number of hydrogen-bond acceptors (Lipinski definition) is 3. The number of aliphatic hydroxyl groups excluding tert-OH is 1. The van der Waals surface area contributed by atoms with E-state index in [0.29, 0.717) is 13.0 Å². The first-order valence-electron chi connectivity index (χ1n) is 6.82. The monoisotopic (exact) mass is 261 g/mol. The van der Waals surface area contributed by atoms with E-state index in [-0.39, 0.29) is 11.8 Å². The van der Waals surface area contributed by atoms with Gasteiger partial charge in [0.1, 0.15) is 0 Å². The summed E-state index contributed by atoms with van der Waals surface area (Å²) in [6, 6.07) is 5.92. The van der Waals surface area contributed by atoms with Crippen molar-refractivity contribution in [3.63, 3.8) is 0 Å². The van der Waals surface area contributed by atoms with Gasteiger partial charge >= 0.3 is 0 Å². The Morgan fingerprint density at radius 3 is 3.00 bits per heavy atom. The van der Waals surface area contributed by atoms with Crippen LogP contribution >= 0.6 is 0 Å². The van der Waals surface area contributed by atoms with Gasteiger partial charge in [-0.1, -0.05) is 12.1 Å². The molecule has 2 unspecified atom stereocenters. The van der Waals surface area contributed by atoms with Gasteiger partial charge in [0.25, 0.3) is 0 Å². The molecule has 1 amide bonds. The first-order chi connectivity index (χ1) is 9.16. The van der Waals surface area contributed by atoms with E-state index < -0.39 is 6.10 Å². The van der Waals surface area contributed by atoms with Crippen LogP contribution in [0, 0.1) is 5.92 Å². The van der Waals surface area contributed by atoms with Crippen LogP contribution in [0.15, 0.2) is 18.2 Å². The first-order valence-corrected chi connectivity index (χ1v) is 6.82. The number of fused-ring (bicyclic) bond motifs is 1. The Bertz CT molecular complexity index is 494. The number of hydrogen-bond donors (Lipinski definition) is 1. The molecule has 0 radical (unpaired) electrons. The SMILES string of the molecule is CN1C(=O)CCc2cc(C(O)C3CCOC3)ccc21. The van der Waals surface area contributed by atoms with Gasteiger partial charge in [-0.2, -0.15) is 0 Å². The van der Waals surface area contributed by atoms with Crippen molar-refractivity contribution in [1.82, 2.24) is 0 Å². The van der Waals surface area contributed by atoms with Gasteiger partial charge in [0, 0.05) is 31.7 Å². The van der Waals surface area contributed by atoms with E-state index in [2.05, 4.69) is 0 Å². The molecule has 3 rings (SSSR count). The molecule has 1 aromatic rings. The average Bonchev–Trinajstić information content (AvgIpc) is 2.96. The molecule has 0 aliphatic carbocycles. The van der Waals surface area contributed by atoms with Crippen molar-refractivity contribution in [2.75, 3.05) is 25.2 Å². The summed E-state index contributed by atoms with van der Waals surface area (Å²) in [7, 11) is 1.81. The average molecular weight is 261 g/mol. The molecule has 2 atom stereocenters. The summed E-state index contributed by atoms with van der Waals surface area (Å²) in [4.78, 5) is 13.3. The van der Waals surface area contributed by atoms with Crippen LogP contribution in [0.1, 0.15) is 30.1 Å². The van der Waals surface area contributed by atoms with Crippen molar-refractivity contribution in [3.8, 4) is 0 Å². The van der Waals surface area contributed by atoms with Crippen molar-refractivity contribution >= 4 is 11.6 Å². The molecule has 0 aromatic heterocycles. The summed E-state index contributed by atoms with van der Waals surface area (Å²) in [5.41, 5.74) is 3.06. The number of anilines is 1. The molecule has 1 fully saturated rings. The summed E-state index contributed by atoms with van der Waals surface area (Å²) in [5.74, 6) is 0.353. The minimum Gasteiger partial charge on any atom is -0.388 e. The molecule has 0 bridgehead atoms. The second-order valence-electron chi connectivity index (χ2n) is 5.41. The number of carbonyl (C=O) groups is 1. The molecule has 0 spiro atoms. The van der Waals surface area contributed by atoms with Gasteiger partial charge in [0.05, 0.1) is 12.7 Å². The first kappa shape index (κ1) is 12.6. The largest absolute Gasteiger partial charge is 0.388 e. The fraction of sp³-hybridized carbons (Fsp3) is 0.533. The molecule has 2 heterocycles. The maximum Gasteiger partial charge on any atom is 0.227 e. The third kappa shape index (κ3) is 2.26. The van der Waals surface area contributed by atoms with Crippen LogP contribution < -0.4 is 4.90 Å². The molecule has 4 heteroatoms. The lowest BCUT2D eigenvalue weighted by molar-refractivity contribution is -0.118. The molecular formula is C15H19NO3. The van der Waals surface area contributed by atoms with E-state index in [1.807, 2.05) is 18.2 Å². The third-order valence-corrected chi connectivity index (χ3v) is 4.20. The maximum absolute atomic E-state index is 11.6. The number of ether oxygens (including phenoxy) is 1. The predicted octanol–water partition coefficient (Wildman–Crippen LogP) is 1.67. The van der Waals surface area contributed by atoms with E-state index >= 15 is 0 Å². The van der Waals surface area contributed by atoms with E-state index in [1.54, 1.807) is 11.9 Å². The van der Waals surface area contributed by atoms with Gasteiger partial charge in [-0.05, 0) is 30.0 Å². The molecule has 0 saturated carbocycles. The molecule has 1 N–H and O–H groups in total. The zero-order valence-corrected chi connectivity index (χ0v) is 11.1. The van der Waals surface area contributed by atoms with Crippen molar-refractivity contribution in [3.05, 3.63) is 29.3 Å². The lowest BCUT2D eigenvalue weighted by Crippen LogP contribution is -2.31. The molecule has 4 nitrogen and oxygen atoms in total. The maximum atomic E-state index is 11.6. The standard InChI is InChI=1S/C15H19NO3/c1-16-13-4-2-11(8-10(13)3-5-14(16)17)15(18)12-6-7-19-9-12/h2,4,8,12,15,18H,3,5-7,9H2,1H3. The van der Waals surface area contributed by atoms with E-state index in [4.69, 9.17) is 4.74 Å². The molecule has 2 aliphatic rings. The van der Waals surface area contributed by atoms with Crippen LogP contribution in [0.4, 0.5) is 5.69 Å². The Labute approximate surface area is 113 Å². The molecule has 1 saturated heterocycles. The van der Waals surface area contributed by atoms with Crippen molar-refractivity contribution in [2.45, 2.75) is 25.4 Å². The normalized spacial score (nSPS) is 24.4. The summed E-state index contributed by atoms with van der Waals surface area (Å²) in [6.45, 7) is 1.38.